The average molecular weight is 366 g/mol. The summed E-state index contributed by atoms with van der Waals surface area (Å²) < 4.78 is 7.83. The van der Waals surface area contributed by atoms with Gasteiger partial charge in [0.25, 0.3) is 0 Å². The van der Waals surface area contributed by atoms with Gasteiger partial charge in [-0.25, -0.2) is 0 Å². The lowest BCUT2D eigenvalue weighted by atomic mass is 10.1. The Morgan fingerprint density at radius 2 is 2.20 bits per heavy atom. The van der Waals surface area contributed by atoms with Crippen LogP contribution in [-0.4, -0.2) is 68.0 Å². The fourth-order valence-electron chi connectivity index (χ4n) is 3.34. The largest absolute Gasteiger partial charge is 0.453 e. The molecule has 3 heterocycles. The summed E-state index contributed by atoms with van der Waals surface area (Å²) >= 11 is 1.48. The Balaban J connectivity index is 1.58. The Morgan fingerprint density at radius 3 is 2.88 bits per heavy atom. The number of aryl methyl sites for hydroxylation is 1. The Hall–Kier alpha value is -1.35. The standard InChI is InChI=1S/C17H27N5O2S/c1-13(2)22-8-7-21(10-14(22)6-9-23)11-15-4-5-16(24-15)25-17-19-18-12-20(17)3/h4-5,12-14,23H,6-11H2,1-3H3/t14-/m0/s1. The zero-order valence-electron chi connectivity index (χ0n) is 15.1. The Labute approximate surface area is 153 Å². The molecule has 0 spiro atoms. The lowest BCUT2D eigenvalue weighted by Crippen LogP contribution is -2.55. The second kappa shape index (κ2) is 8.35. The van der Waals surface area contributed by atoms with Gasteiger partial charge in [-0.05, 0) is 44.2 Å². The van der Waals surface area contributed by atoms with Gasteiger partial charge in [-0.1, -0.05) is 0 Å². The zero-order chi connectivity index (χ0) is 17.8. The Bertz CT molecular complexity index is 672. The average Bonchev–Trinajstić information content (AvgIpc) is 3.18. The van der Waals surface area contributed by atoms with E-state index >= 15 is 0 Å². The summed E-state index contributed by atoms with van der Waals surface area (Å²) in [5.74, 6) is 0.963. The van der Waals surface area contributed by atoms with Crippen molar-refractivity contribution in [3.8, 4) is 0 Å². The molecule has 1 atom stereocenters. The van der Waals surface area contributed by atoms with Crippen LogP contribution in [0.1, 0.15) is 26.0 Å². The van der Waals surface area contributed by atoms with Gasteiger partial charge in [0.15, 0.2) is 10.2 Å². The number of rotatable bonds is 7. The van der Waals surface area contributed by atoms with Crippen molar-refractivity contribution >= 4 is 11.8 Å². The zero-order valence-corrected chi connectivity index (χ0v) is 15.9. The molecule has 3 rings (SSSR count). The van der Waals surface area contributed by atoms with Crippen LogP contribution < -0.4 is 0 Å². The van der Waals surface area contributed by atoms with Gasteiger partial charge >= 0.3 is 0 Å². The molecule has 0 amide bonds. The highest BCUT2D eigenvalue weighted by atomic mass is 32.2. The van der Waals surface area contributed by atoms with Crippen LogP contribution in [0.4, 0.5) is 0 Å². The molecule has 1 aliphatic heterocycles. The molecule has 8 heteroatoms. The van der Waals surface area contributed by atoms with Crippen LogP contribution in [0.15, 0.2) is 33.1 Å². The van der Waals surface area contributed by atoms with Crippen LogP contribution in [0.25, 0.3) is 0 Å². The molecule has 0 unspecified atom stereocenters. The molecule has 1 saturated heterocycles. The van der Waals surface area contributed by atoms with Gasteiger partial charge in [0.1, 0.15) is 12.1 Å². The molecule has 0 aliphatic carbocycles. The van der Waals surface area contributed by atoms with Crippen molar-refractivity contribution in [3.05, 3.63) is 24.2 Å². The number of piperazine rings is 1. The van der Waals surface area contributed by atoms with Crippen molar-refractivity contribution < 1.29 is 9.52 Å². The minimum Gasteiger partial charge on any atom is -0.453 e. The third kappa shape index (κ3) is 4.63. The van der Waals surface area contributed by atoms with Crippen LogP contribution in [-0.2, 0) is 13.6 Å². The quantitative estimate of drug-likeness (QED) is 0.803. The predicted octanol–water partition coefficient (Wildman–Crippen LogP) is 1.84. The fraction of sp³-hybridized carbons (Fsp3) is 0.647. The third-order valence-corrected chi connectivity index (χ3v) is 5.59. The molecular formula is C17H27N5O2S. The molecule has 0 bridgehead atoms. The molecule has 0 radical (unpaired) electrons. The molecule has 1 aliphatic rings. The summed E-state index contributed by atoms with van der Waals surface area (Å²) in [6.45, 7) is 8.50. The summed E-state index contributed by atoms with van der Waals surface area (Å²) in [5, 5.41) is 19.0. The third-order valence-electron chi connectivity index (χ3n) is 4.62. The number of hydrogen-bond acceptors (Lipinski definition) is 7. The molecule has 1 fully saturated rings. The molecule has 0 saturated carbocycles. The van der Waals surface area contributed by atoms with E-state index in [1.165, 1.54) is 11.8 Å². The first-order valence-corrected chi connectivity index (χ1v) is 9.58. The Kier molecular flexibility index (Phi) is 6.16. The number of aliphatic hydroxyl groups excluding tert-OH is 1. The normalized spacial score (nSPS) is 19.8. The Morgan fingerprint density at radius 1 is 1.36 bits per heavy atom. The van der Waals surface area contributed by atoms with Crippen LogP contribution >= 0.6 is 11.8 Å². The second-order valence-corrected chi connectivity index (χ2v) is 7.75. The van der Waals surface area contributed by atoms with Crippen LogP contribution in [0.5, 0.6) is 0 Å². The summed E-state index contributed by atoms with van der Waals surface area (Å²) in [4.78, 5) is 4.90. The minimum absolute atomic E-state index is 0.237. The first-order chi connectivity index (χ1) is 12.1. The summed E-state index contributed by atoms with van der Waals surface area (Å²) in [5.41, 5.74) is 0. The van der Waals surface area contributed by atoms with E-state index in [1.54, 1.807) is 6.33 Å². The van der Waals surface area contributed by atoms with Gasteiger partial charge in [0, 0.05) is 45.4 Å². The number of hydrogen-bond donors (Lipinski definition) is 1. The number of aliphatic hydroxyl groups is 1. The van der Waals surface area contributed by atoms with Crippen molar-refractivity contribution in [3.63, 3.8) is 0 Å². The maximum Gasteiger partial charge on any atom is 0.198 e. The molecule has 7 nitrogen and oxygen atoms in total. The second-order valence-electron chi connectivity index (χ2n) is 6.78. The maximum atomic E-state index is 9.36. The minimum atomic E-state index is 0.237. The van der Waals surface area contributed by atoms with Gasteiger partial charge in [0.2, 0.25) is 0 Å². The molecule has 0 aromatic carbocycles. The van der Waals surface area contributed by atoms with Crippen molar-refractivity contribution in [2.24, 2.45) is 7.05 Å². The van der Waals surface area contributed by atoms with E-state index in [0.717, 1.165) is 48.6 Å². The van der Waals surface area contributed by atoms with E-state index in [9.17, 15) is 5.11 Å². The SMILES string of the molecule is CC(C)N1CCN(Cc2ccc(Sc3nncn3C)o2)C[C@@H]1CCO. The monoisotopic (exact) mass is 365 g/mol. The first kappa shape index (κ1) is 18.4. The molecule has 2 aromatic heterocycles. The van der Waals surface area contributed by atoms with E-state index in [2.05, 4.69) is 33.8 Å². The fourth-order valence-corrected chi connectivity index (χ4v) is 4.08. The predicted molar refractivity (Wildman–Crippen MR) is 96.4 cm³/mol. The lowest BCUT2D eigenvalue weighted by Gasteiger charge is -2.43. The van der Waals surface area contributed by atoms with Gasteiger partial charge < -0.3 is 14.1 Å². The highest BCUT2D eigenvalue weighted by Crippen LogP contribution is 2.28. The molecule has 1 N–H and O–H groups in total. The van der Waals surface area contributed by atoms with E-state index in [-0.39, 0.29) is 6.61 Å². The highest BCUT2D eigenvalue weighted by molar-refractivity contribution is 7.99. The van der Waals surface area contributed by atoms with Gasteiger partial charge in [0.05, 0.1) is 6.54 Å². The lowest BCUT2D eigenvalue weighted by molar-refractivity contribution is 0.0318. The van der Waals surface area contributed by atoms with Crippen LogP contribution in [0.3, 0.4) is 0 Å². The van der Waals surface area contributed by atoms with E-state index in [0.29, 0.717) is 12.1 Å². The number of aromatic nitrogens is 3. The van der Waals surface area contributed by atoms with E-state index < -0.39 is 0 Å². The summed E-state index contributed by atoms with van der Waals surface area (Å²) in [6.07, 6.45) is 2.50. The number of furan rings is 1. The topological polar surface area (TPSA) is 70.6 Å². The summed E-state index contributed by atoms with van der Waals surface area (Å²) in [7, 11) is 1.92. The van der Waals surface area contributed by atoms with Crippen molar-refractivity contribution in [1.29, 1.82) is 0 Å². The first-order valence-electron chi connectivity index (χ1n) is 8.76. The molecule has 25 heavy (non-hydrogen) atoms. The van der Waals surface area contributed by atoms with Gasteiger partial charge in [-0.3, -0.25) is 9.80 Å². The van der Waals surface area contributed by atoms with Crippen LogP contribution in [0, 0.1) is 0 Å². The summed E-state index contributed by atoms with van der Waals surface area (Å²) in [6, 6.07) is 4.94. The van der Waals surface area contributed by atoms with Crippen LogP contribution in [0.2, 0.25) is 0 Å². The molecular weight excluding hydrogens is 338 g/mol. The van der Waals surface area contributed by atoms with Crippen molar-refractivity contribution in [1.82, 2.24) is 24.6 Å². The highest BCUT2D eigenvalue weighted by Gasteiger charge is 2.28. The van der Waals surface area contributed by atoms with E-state index in [1.807, 2.05) is 23.7 Å². The van der Waals surface area contributed by atoms with Gasteiger partial charge in [-0.2, -0.15) is 0 Å². The van der Waals surface area contributed by atoms with Crippen molar-refractivity contribution in [2.45, 2.75) is 49.1 Å². The molecule has 138 valence electrons. The van der Waals surface area contributed by atoms with Crippen molar-refractivity contribution in [2.75, 3.05) is 26.2 Å². The maximum absolute atomic E-state index is 9.36. The number of nitrogens with zero attached hydrogens (tertiary/aromatic N) is 5. The van der Waals surface area contributed by atoms with E-state index in [4.69, 9.17) is 4.42 Å². The van der Waals surface area contributed by atoms with Gasteiger partial charge in [-0.15, -0.1) is 10.2 Å². The smallest absolute Gasteiger partial charge is 0.198 e. The molecule has 2 aromatic rings.